The van der Waals surface area contributed by atoms with Gasteiger partial charge in [-0.05, 0) is 12.1 Å². The second-order valence-corrected chi connectivity index (χ2v) is 4.33. The first-order valence-corrected chi connectivity index (χ1v) is 5.87. The van der Waals surface area contributed by atoms with Crippen LogP contribution >= 0.6 is 23.2 Å². The highest BCUT2D eigenvalue weighted by Gasteiger charge is 2.11. The Morgan fingerprint density at radius 1 is 1.41 bits per heavy atom. The van der Waals surface area contributed by atoms with E-state index in [-0.39, 0.29) is 11.4 Å². The number of fused-ring (bicyclic) bond motifs is 3. The molecular weight excluding hydrogens is 261 g/mol. The number of halogens is 2. The van der Waals surface area contributed by atoms with Gasteiger partial charge in [-0.2, -0.15) is 0 Å². The third kappa shape index (κ3) is 1.52. The molecule has 86 valence electrons. The maximum Gasteiger partial charge on any atom is 0.272 e. The zero-order valence-electron chi connectivity index (χ0n) is 8.58. The number of nitrogens with zero attached hydrogens (tertiary/aromatic N) is 2. The van der Waals surface area contributed by atoms with E-state index in [2.05, 4.69) is 10.1 Å². The fourth-order valence-corrected chi connectivity index (χ4v) is 2.23. The van der Waals surface area contributed by atoms with Crippen molar-refractivity contribution in [3.8, 4) is 0 Å². The van der Waals surface area contributed by atoms with E-state index < -0.39 is 0 Å². The van der Waals surface area contributed by atoms with Gasteiger partial charge in [0.25, 0.3) is 5.56 Å². The van der Waals surface area contributed by atoms with Crippen LogP contribution in [0.25, 0.3) is 16.6 Å². The molecule has 1 aromatic carbocycles. The molecule has 0 bridgehead atoms. The highest BCUT2D eigenvalue weighted by Crippen LogP contribution is 2.25. The minimum absolute atomic E-state index is 0.196. The molecule has 4 nitrogen and oxygen atoms in total. The van der Waals surface area contributed by atoms with Crippen molar-refractivity contribution in [1.29, 1.82) is 0 Å². The minimum atomic E-state index is -0.196. The molecule has 0 aliphatic rings. The molecule has 0 fully saturated rings. The lowest BCUT2D eigenvalue weighted by atomic mass is 10.2. The molecule has 2 heterocycles. The number of H-pyrrole nitrogens is 1. The van der Waals surface area contributed by atoms with Gasteiger partial charge in [-0.1, -0.05) is 17.7 Å². The molecule has 1 N–H and O–H groups in total. The smallest absolute Gasteiger partial charge is 0.272 e. The lowest BCUT2D eigenvalue weighted by Crippen LogP contribution is -2.14. The lowest BCUT2D eigenvalue weighted by molar-refractivity contribution is 0.901. The van der Waals surface area contributed by atoms with Crippen LogP contribution in [0.5, 0.6) is 0 Å². The Morgan fingerprint density at radius 2 is 2.24 bits per heavy atom. The number of alkyl halides is 1. The number of hydrogen-bond acceptors (Lipinski definition) is 2. The Balaban J connectivity index is 2.59. The molecule has 2 aromatic heterocycles. The monoisotopic (exact) mass is 267 g/mol. The molecule has 3 rings (SSSR count). The highest BCUT2D eigenvalue weighted by molar-refractivity contribution is 6.36. The van der Waals surface area contributed by atoms with Crippen LogP contribution in [-0.4, -0.2) is 14.6 Å². The van der Waals surface area contributed by atoms with E-state index in [0.29, 0.717) is 16.4 Å². The van der Waals surface area contributed by atoms with Gasteiger partial charge in [0.15, 0.2) is 5.65 Å². The van der Waals surface area contributed by atoms with Gasteiger partial charge in [0.05, 0.1) is 27.5 Å². The van der Waals surface area contributed by atoms with Crippen LogP contribution in [0, 0.1) is 0 Å². The van der Waals surface area contributed by atoms with Crippen molar-refractivity contribution >= 4 is 39.8 Å². The molecule has 17 heavy (non-hydrogen) atoms. The molecule has 6 heteroatoms. The molecule has 0 aliphatic carbocycles. The number of nitrogens with one attached hydrogen (secondary N) is 1. The topological polar surface area (TPSA) is 50.2 Å². The fraction of sp³-hybridized carbons (Fsp3) is 0.0909. The van der Waals surface area contributed by atoms with Crippen molar-refractivity contribution in [1.82, 2.24) is 14.6 Å². The van der Waals surface area contributed by atoms with Crippen LogP contribution in [-0.2, 0) is 5.88 Å². The predicted octanol–water partition coefficient (Wildman–Crippen LogP) is 2.57. The summed E-state index contributed by atoms with van der Waals surface area (Å²) in [5, 5.41) is 4.24. The number of aromatic amines is 1. The summed E-state index contributed by atoms with van der Waals surface area (Å²) in [6.07, 6.45) is 0. The van der Waals surface area contributed by atoms with Gasteiger partial charge in [-0.3, -0.25) is 9.89 Å². The molecule has 0 unspecified atom stereocenters. The Labute approximate surface area is 106 Å². The van der Waals surface area contributed by atoms with Crippen molar-refractivity contribution in [3.05, 3.63) is 45.3 Å². The van der Waals surface area contributed by atoms with Gasteiger partial charge in [0.1, 0.15) is 0 Å². The summed E-state index contributed by atoms with van der Waals surface area (Å²) in [6, 6.07) is 6.82. The van der Waals surface area contributed by atoms with Crippen LogP contribution in [0.1, 0.15) is 5.69 Å². The largest absolute Gasteiger partial charge is 0.289 e. The van der Waals surface area contributed by atoms with E-state index in [1.54, 1.807) is 6.07 Å². The van der Waals surface area contributed by atoms with Crippen molar-refractivity contribution < 1.29 is 0 Å². The van der Waals surface area contributed by atoms with Gasteiger partial charge in [0, 0.05) is 6.07 Å². The third-order valence-electron chi connectivity index (χ3n) is 2.58. The Morgan fingerprint density at radius 3 is 3.00 bits per heavy atom. The van der Waals surface area contributed by atoms with E-state index in [9.17, 15) is 4.79 Å². The number of rotatable bonds is 1. The third-order valence-corrected chi connectivity index (χ3v) is 3.17. The second kappa shape index (κ2) is 3.75. The molecular formula is C11H7Cl2N3O. The average Bonchev–Trinajstić information content (AvgIpc) is 2.69. The van der Waals surface area contributed by atoms with Gasteiger partial charge < -0.3 is 0 Å². The second-order valence-electron chi connectivity index (χ2n) is 3.65. The molecule has 0 saturated carbocycles. The average molecular weight is 268 g/mol. The first-order valence-electron chi connectivity index (χ1n) is 4.95. The van der Waals surface area contributed by atoms with Crippen LogP contribution in [0.3, 0.4) is 0 Å². The van der Waals surface area contributed by atoms with Crippen LogP contribution < -0.4 is 5.56 Å². The standard InChI is InChI=1S/C11H7Cl2N3O/c12-5-6-4-9(17)16-11(14-6)10-7(13)2-1-3-8(10)15-16/h1-4,15H,5H2. The predicted molar refractivity (Wildman–Crippen MR) is 67.9 cm³/mol. The number of aromatic nitrogens is 3. The van der Waals surface area contributed by atoms with Gasteiger partial charge in [0.2, 0.25) is 0 Å². The van der Waals surface area contributed by atoms with E-state index in [1.807, 2.05) is 12.1 Å². The van der Waals surface area contributed by atoms with Gasteiger partial charge >= 0.3 is 0 Å². The maximum atomic E-state index is 11.8. The van der Waals surface area contributed by atoms with Crippen LogP contribution in [0.15, 0.2) is 29.1 Å². The molecule has 3 aromatic rings. The van der Waals surface area contributed by atoms with Crippen molar-refractivity contribution in [2.24, 2.45) is 0 Å². The SMILES string of the molecule is O=c1cc(CCl)nc2c3c(Cl)cccc3[nH]n12. The summed E-state index contributed by atoms with van der Waals surface area (Å²) < 4.78 is 1.37. The van der Waals surface area contributed by atoms with Crippen molar-refractivity contribution in [3.63, 3.8) is 0 Å². The lowest BCUT2D eigenvalue weighted by Gasteiger charge is -1.96. The number of benzene rings is 1. The quantitative estimate of drug-likeness (QED) is 0.689. The van der Waals surface area contributed by atoms with Crippen LogP contribution in [0.2, 0.25) is 5.02 Å². The zero-order valence-corrected chi connectivity index (χ0v) is 10.1. The summed E-state index contributed by atoms with van der Waals surface area (Å²) in [4.78, 5) is 16.1. The first-order chi connectivity index (χ1) is 8.20. The normalized spacial score (nSPS) is 11.4. The van der Waals surface area contributed by atoms with E-state index in [0.717, 1.165) is 10.9 Å². The highest BCUT2D eigenvalue weighted by atomic mass is 35.5. The first kappa shape index (κ1) is 10.6. The Kier molecular flexibility index (Phi) is 2.34. The van der Waals surface area contributed by atoms with Crippen molar-refractivity contribution in [2.45, 2.75) is 5.88 Å². The molecule has 0 spiro atoms. The Bertz CT molecular complexity index is 775. The molecule has 0 saturated heterocycles. The summed E-state index contributed by atoms with van der Waals surface area (Å²) in [6.45, 7) is 0. The molecule has 0 amide bonds. The van der Waals surface area contributed by atoms with E-state index in [4.69, 9.17) is 23.2 Å². The van der Waals surface area contributed by atoms with Crippen molar-refractivity contribution in [2.75, 3.05) is 0 Å². The fourth-order valence-electron chi connectivity index (χ4n) is 1.84. The van der Waals surface area contributed by atoms with Gasteiger partial charge in [-0.25, -0.2) is 9.50 Å². The summed E-state index contributed by atoms with van der Waals surface area (Å²) in [5.41, 5.74) is 1.62. The Hall–Kier alpha value is -1.52. The zero-order chi connectivity index (χ0) is 12.0. The van der Waals surface area contributed by atoms with E-state index >= 15 is 0 Å². The summed E-state index contributed by atoms with van der Waals surface area (Å²) in [7, 11) is 0. The summed E-state index contributed by atoms with van der Waals surface area (Å²) in [5.74, 6) is 0.197. The molecule has 0 atom stereocenters. The van der Waals surface area contributed by atoms with Gasteiger partial charge in [-0.15, -0.1) is 11.6 Å². The van der Waals surface area contributed by atoms with E-state index in [1.165, 1.54) is 10.6 Å². The van der Waals surface area contributed by atoms with Crippen LogP contribution in [0.4, 0.5) is 0 Å². The number of hydrogen-bond donors (Lipinski definition) is 1. The molecule has 0 radical (unpaired) electrons. The minimum Gasteiger partial charge on any atom is -0.289 e. The maximum absolute atomic E-state index is 11.8. The summed E-state index contributed by atoms with van der Waals surface area (Å²) >= 11 is 11.8. The molecule has 0 aliphatic heterocycles.